The van der Waals surface area contributed by atoms with Crippen LogP contribution in [-0.2, 0) is 0 Å². The molecule has 3 unspecified atom stereocenters. The maximum atomic E-state index is 5.74. The minimum absolute atomic E-state index is 0.229. The van der Waals surface area contributed by atoms with Gasteiger partial charge in [0.05, 0.1) is 0 Å². The molecule has 2 nitrogen and oxygen atoms in total. The number of alkyl halides is 1. The van der Waals surface area contributed by atoms with Crippen LogP contribution in [0.25, 0.3) is 0 Å². The summed E-state index contributed by atoms with van der Waals surface area (Å²) < 4.78 is 0.627. The molecule has 0 aromatic rings. The lowest BCUT2D eigenvalue weighted by Crippen LogP contribution is -2.38. The summed E-state index contributed by atoms with van der Waals surface area (Å²) in [5.41, 5.74) is 11.3. The summed E-state index contributed by atoms with van der Waals surface area (Å²) in [7, 11) is 0. The summed E-state index contributed by atoms with van der Waals surface area (Å²) in [5.74, 6) is 0.477. The van der Waals surface area contributed by atoms with Crippen molar-refractivity contribution in [2.75, 3.05) is 6.54 Å². The minimum Gasteiger partial charge on any atom is -0.330 e. The van der Waals surface area contributed by atoms with Gasteiger partial charge in [0.2, 0.25) is 0 Å². The van der Waals surface area contributed by atoms with E-state index in [-0.39, 0.29) is 6.04 Å². The zero-order valence-electron chi connectivity index (χ0n) is 6.68. The lowest BCUT2D eigenvalue weighted by Gasteiger charge is -2.23. The molecule has 0 aliphatic carbocycles. The van der Waals surface area contributed by atoms with Crippen LogP contribution < -0.4 is 11.5 Å². The molecule has 10 heavy (non-hydrogen) atoms. The van der Waals surface area contributed by atoms with Crippen molar-refractivity contribution in [3.63, 3.8) is 0 Å². The van der Waals surface area contributed by atoms with Crippen molar-refractivity contribution in [3.05, 3.63) is 0 Å². The van der Waals surface area contributed by atoms with Gasteiger partial charge >= 0.3 is 0 Å². The van der Waals surface area contributed by atoms with Crippen molar-refractivity contribution in [3.8, 4) is 0 Å². The smallest absolute Gasteiger partial charge is 0.0162 e. The van der Waals surface area contributed by atoms with Gasteiger partial charge in [-0.05, 0) is 25.8 Å². The Kier molecular flexibility index (Phi) is 5.67. The molecule has 0 saturated heterocycles. The van der Waals surface area contributed by atoms with Gasteiger partial charge in [-0.2, -0.15) is 0 Å². The van der Waals surface area contributed by atoms with E-state index in [1.54, 1.807) is 0 Å². The quantitative estimate of drug-likeness (QED) is 0.585. The van der Waals surface area contributed by atoms with Crippen LogP contribution in [0.4, 0.5) is 0 Å². The minimum atomic E-state index is 0.229. The second-order valence-corrected chi connectivity index (χ2v) is 4.28. The van der Waals surface area contributed by atoms with Crippen LogP contribution in [0.15, 0.2) is 0 Å². The maximum absolute atomic E-state index is 5.74. The normalized spacial score (nSPS) is 20.1. The van der Waals surface area contributed by atoms with Crippen molar-refractivity contribution in [2.45, 2.75) is 30.2 Å². The third kappa shape index (κ3) is 3.16. The van der Waals surface area contributed by atoms with E-state index in [0.29, 0.717) is 16.4 Å². The molecule has 0 aromatic carbocycles. The van der Waals surface area contributed by atoms with Gasteiger partial charge in [-0.15, -0.1) is 0 Å². The van der Waals surface area contributed by atoms with Crippen LogP contribution in [0.5, 0.6) is 0 Å². The molecule has 0 aliphatic rings. The average molecular weight is 256 g/mol. The van der Waals surface area contributed by atoms with E-state index in [1.807, 2.05) is 6.92 Å². The number of hydrogen-bond acceptors (Lipinski definition) is 2. The van der Waals surface area contributed by atoms with Gasteiger partial charge in [0, 0.05) is 9.97 Å². The van der Waals surface area contributed by atoms with E-state index in [4.69, 9.17) is 11.5 Å². The van der Waals surface area contributed by atoms with Gasteiger partial charge in [0.1, 0.15) is 0 Å². The molecule has 0 spiro atoms. The van der Waals surface area contributed by atoms with Gasteiger partial charge in [-0.1, -0.05) is 29.5 Å². The van der Waals surface area contributed by atoms with Crippen molar-refractivity contribution >= 4 is 22.6 Å². The molecule has 4 N–H and O–H groups in total. The Morgan fingerprint density at radius 2 is 2.00 bits per heavy atom. The van der Waals surface area contributed by atoms with Crippen LogP contribution in [0.2, 0.25) is 0 Å². The van der Waals surface area contributed by atoms with Crippen LogP contribution in [-0.4, -0.2) is 16.5 Å². The van der Waals surface area contributed by atoms with E-state index in [9.17, 15) is 0 Å². The predicted octanol–water partition coefficient (Wildman–Crippen LogP) is 1.12. The Hall–Kier alpha value is 0.650. The van der Waals surface area contributed by atoms with E-state index in [0.717, 1.165) is 6.42 Å². The fraction of sp³-hybridized carbons (Fsp3) is 1.00. The second kappa shape index (κ2) is 5.32. The summed E-state index contributed by atoms with van der Waals surface area (Å²) >= 11 is 2.42. The molecule has 3 atom stereocenters. The highest BCUT2D eigenvalue weighted by Crippen LogP contribution is 2.18. The third-order valence-corrected chi connectivity index (χ3v) is 3.61. The Labute approximate surface area is 76.9 Å². The Morgan fingerprint density at radius 3 is 2.10 bits per heavy atom. The first-order chi connectivity index (χ1) is 4.63. The molecule has 3 heteroatoms. The lowest BCUT2D eigenvalue weighted by atomic mass is 9.97. The zero-order valence-corrected chi connectivity index (χ0v) is 8.84. The predicted molar refractivity (Wildman–Crippen MR) is 54.3 cm³/mol. The average Bonchev–Trinajstić information content (AvgIpc) is 1.88. The largest absolute Gasteiger partial charge is 0.330 e. The zero-order chi connectivity index (χ0) is 8.15. The van der Waals surface area contributed by atoms with Gasteiger partial charge in [-0.25, -0.2) is 0 Å². The highest BCUT2D eigenvalue weighted by Gasteiger charge is 2.18. The second-order valence-electron chi connectivity index (χ2n) is 2.68. The van der Waals surface area contributed by atoms with Crippen molar-refractivity contribution in [2.24, 2.45) is 17.4 Å². The molecule has 0 heterocycles. The van der Waals surface area contributed by atoms with Crippen LogP contribution in [0, 0.1) is 5.92 Å². The van der Waals surface area contributed by atoms with Gasteiger partial charge in [0.25, 0.3) is 0 Å². The third-order valence-electron chi connectivity index (χ3n) is 1.80. The first-order valence-electron chi connectivity index (χ1n) is 3.73. The number of halogens is 1. The molecule has 0 amide bonds. The summed E-state index contributed by atoms with van der Waals surface area (Å²) in [5, 5.41) is 0. The summed E-state index contributed by atoms with van der Waals surface area (Å²) in [6.07, 6.45) is 1.16. The van der Waals surface area contributed by atoms with Crippen molar-refractivity contribution in [1.29, 1.82) is 0 Å². The highest BCUT2D eigenvalue weighted by molar-refractivity contribution is 14.1. The van der Waals surface area contributed by atoms with Crippen molar-refractivity contribution < 1.29 is 0 Å². The van der Waals surface area contributed by atoms with Gasteiger partial charge in [-0.3, -0.25) is 0 Å². The number of nitrogens with two attached hydrogens (primary N) is 2. The summed E-state index contributed by atoms with van der Waals surface area (Å²) in [6, 6.07) is 0.229. The molecule has 0 aliphatic heterocycles. The molecule has 0 saturated carbocycles. The Balaban J connectivity index is 3.80. The molecule has 0 aromatic heterocycles. The van der Waals surface area contributed by atoms with Crippen LogP contribution >= 0.6 is 22.6 Å². The SMILES string of the molecule is CCC(I)C(CN)C(C)N. The molecule has 0 rings (SSSR count). The molecule has 0 bridgehead atoms. The number of hydrogen-bond donors (Lipinski definition) is 2. The monoisotopic (exact) mass is 256 g/mol. The Bertz CT molecular complexity index is 85.7. The first kappa shape index (κ1) is 10.7. The first-order valence-corrected chi connectivity index (χ1v) is 4.97. The Morgan fingerprint density at radius 1 is 1.50 bits per heavy atom. The van der Waals surface area contributed by atoms with Crippen LogP contribution in [0.1, 0.15) is 20.3 Å². The fourth-order valence-corrected chi connectivity index (χ4v) is 1.94. The standard InChI is InChI=1S/C7H17IN2/c1-3-7(8)6(4-9)5(2)10/h5-7H,3-4,9-10H2,1-2H3. The topological polar surface area (TPSA) is 52.0 Å². The summed E-state index contributed by atoms with van der Waals surface area (Å²) in [4.78, 5) is 0. The van der Waals surface area contributed by atoms with E-state index in [1.165, 1.54) is 0 Å². The molecule has 0 fully saturated rings. The van der Waals surface area contributed by atoms with E-state index >= 15 is 0 Å². The fourth-order valence-electron chi connectivity index (χ4n) is 0.994. The van der Waals surface area contributed by atoms with E-state index < -0.39 is 0 Å². The van der Waals surface area contributed by atoms with Gasteiger partial charge < -0.3 is 11.5 Å². The maximum Gasteiger partial charge on any atom is 0.0162 e. The highest BCUT2D eigenvalue weighted by atomic mass is 127. The van der Waals surface area contributed by atoms with E-state index in [2.05, 4.69) is 29.5 Å². The molecule has 0 radical (unpaired) electrons. The molecular formula is C7H17IN2. The van der Waals surface area contributed by atoms with Crippen molar-refractivity contribution in [1.82, 2.24) is 0 Å². The number of rotatable bonds is 4. The van der Waals surface area contributed by atoms with Gasteiger partial charge in [0.15, 0.2) is 0 Å². The molecule has 62 valence electrons. The van der Waals surface area contributed by atoms with Crippen LogP contribution in [0.3, 0.4) is 0 Å². The molecular weight excluding hydrogens is 239 g/mol. The summed E-state index contributed by atoms with van der Waals surface area (Å²) in [6.45, 7) is 4.90. The lowest BCUT2D eigenvalue weighted by molar-refractivity contribution is 0.441.